The molecule has 0 heterocycles. The number of nitrogens with one attached hydrogen (secondary N) is 1. The lowest BCUT2D eigenvalue weighted by Crippen LogP contribution is -2.38. The molecule has 0 saturated carbocycles. The average molecular weight is 264 g/mol. The highest BCUT2D eigenvalue weighted by molar-refractivity contribution is 7.92. The van der Waals surface area contributed by atoms with Crippen molar-refractivity contribution in [1.29, 1.82) is 0 Å². The minimum atomic E-state index is -3.00. The Morgan fingerprint density at radius 1 is 1.24 bits per heavy atom. The number of nitrogens with zero attached hydrogens (tertiary/aromatic N) is 1. The normalized spacial score (nSPS) is 15.2. The highest BCUT2D eigenvalue weighted by atomic mass is 32.2. The van der Waals surface area contributed by atoms with E-state index in [0.717, 1.165) is 13.0 Å². The lowest BCUT2D eigenvalue weighted by molar-refractivity contribution is 0.368. The monoisotopic (exact) mass is 264 g/mol. The molecular weight excluding hydrogens is 236 g/mol. The third-order valence-corrected chi connectivity index (χ3v) is 5.41. The Hall–Kier alpha value is -0.130. The standard InChI is InChI=1S/C12H28N2O2S/c1-11(7-9-14(5)6)13-8-10-17(15,16)12(2,3)4/h11,13H,7-10H2,1-6H3. The van der Waals surface area contributed by atoms with Gasteiger partial charge in [-0.2, -0.15) is 0 Å². The van der Waals surface area contributed by atoms with Crippen molar-refractivity contribution in [3.63, 3.8) is 0 Å². The zero-order valence-electron chi connectivity index (χ0n) is 12.1. The summed E-state index contributed by atoms with van der Waals surface area (Å²) in [7, 11) is 1.08. The van der Waals surface area contributed by atoms with Crippen molar-refractivity contribution < 1.29 is 8.42 Å². The number of hydrogen-bond acceptors (Lipinski definition) is 4. The third-order valence-electron chi connectivity index (χ3n) is 2.81. The van der Waals surface area contributed by atoms with E-state index in [0.29, 0.717) is 12.6 Å². The minimum Gasteiger partial charge on any atom is -0.313 e. The Kier molecular flexibility index (Phi) is 6.66. The lowest BCUT2D eigenvalue weighted by atomic mass is 10.2. The van der Waals surface area contributed by atoms with Crippen LogP contribution in [0.5, 0.6) is 0 Å². The topological polar surface area (TPSA) is 49.4 Å². The van der Waals surface area contributed by atoms with E-state index in [9.17, 15) is 8.42 Å². The SMILES string of the molecule is CC(CCN(C)C)NCCS(=O)(=O)C(C)(C)C. The predicted octanol–water partition coefficient (Wildman–Crippen LogP) is 1.13. The summed E-state index contributed by atoms with van der Waals surface area (Å²) in [6.07, 6.45) is 1.03. The quantitative estimate of drug-likeness (QED) is 0.749. The van der Waals surface area contributed by atoms with Gasteiger partial charge < -0.3 is 10.2 Å². The Balaban J connectivity index is 3.92. The molecule has 0 radical (unpaired) electrons. The van der Waals surface area contributed by atoms with Crippen LogP contribution in [-0.4, -0.2) is 57.0 Å². The van der Waals surface area contributed by atoms with Crippen molar-refractivity contribution in [2.75, 3.05) is 32.9 Å². The summed E-state index contributed by atoms with van der Waals surface area (Å²) in [5.41, 5.74) is 0. The van der Waals surface area contributed by atoms with E-state index in [1.165, 1.54) is 0 Å². The number of rotatable bonds is 7. The molecule has 0 saturated heterocycles. The van der Waals surface area contributed by atoms with Gasteiger partial charge in [-0.05, 0) is 54.8 Å². The highest BCUT2D eigenvalue weighted by Gasteiger charge is 2.28. The molecule has 0 aliphatic heterocycles. The molecule has 0 amide bonds. The van der Waals surface area contributed by atoms with Crippen LogP contribution in [0.2, 0.25) is 0 Å². The third kappa shape index (κ3) is 7.01. The maximum atomic E-state index is 11.9. The van der Waals surface area contributed by atoms with Crippen LogP contribution in [0, 0.1) is 0 Å². The fourth-order valence-corrected chi connectivity index (χ4v) is 2.30. The van der Waals surface area contributed by atoms with Crippen LogP contribution in [-0.2, 0) is 9.84 Å². The van der Waals surface area contributed by atoms with Gasteiger partial charge in [-0.15, -0.1) is 0 Å². The number of hydrogen-bond donors (Lipinski definition) is 1. The van der Waals surface area contributed by atoms with Crippen LogP contribution in [0.1, 0.15) is 34.1 Å². The molecule has 4 nitrogen and oxygen atoms in total. The van der Waals surface area contributed by atoms with Gasteiger partial charge in [0.05, 0.1) is 10.5 Å². The van der Waals surface area contributed by atoms with Crippen LogP contribution in [0.4, 0.5) is 0 Å². The van der Waals surface area contributed by atoms with Crippen LogP contribution >= 0.6 is 0 Å². The second-order valence-corrected chi connectivity index (χ2v) is 8.74. The van der Waals surface area contributed by atoms with Gasteiger partial charge in [-0.3, -0.25) is 0 Å². The van der Waals surface area contributed by atoms with E-state index in [4.69, 9.17) is 0 Å². The van der Waals surface area contributed by atoms with Crippen molar-refractivity contribution >= 4 is 9.84 Å². The van der Waals surface area contributed by atoms with Gasteiger partial charge in [0.2, 0.25) is 0 Å². The fourth-order valence-electron chi connectivity index (χ4n) is 1.30. The van der Waals surface area contributed by atoms with E-state index in [1.807, 2.05) is 14.1 Å². The van der Waals surface area contributed by atoms with E-state index in [2.05, 4.69) is 17.1 Å². The van der Waals surface area contributed by atoms with Crippen LogP contribution in [0.3, 0.4) is 0 Å². The summed E-state index contributed by atoms with van der Waals surface area (Å²) in [4.78, 5) is 2.13. The molecule has 0 aliphatic carbocycles. The van der Waals surface area contributed by atoms with Crippen molar-refractivity contribution in [3.8, 4) is 0 Å². The first-order chi connectivity index (χ1) is 7.56. The molecule has 17 heavy (non-hydrogen) atoms. The first-order valence-electron chi connectivity index (χ1n) is 6.16. The van der Waals surface area contributed by atoms with Crippen LogP contribution < -0.4 is 5.32 Å². The highest BCUT2D eigenvalue weighted by Crippen LogP contribution is 2.15. The van der Waals surface area contributed by atoms with E-state index in [1.54, 1.807) is 20.8 Å². The van der Waals surface area contributed by atoms with Gasteiger partial charge in [0.1, 0.15) is 0 Å². The van der Waals surface area contributed by atoms with E-state index < -0.39 is 14.6 Å². The van der Waals surface area contributed by atoms with Gasteiger partial charge in [0, 0.05) is 12.6 Å². The second kappa shape index (κ2) is 6.71. The molecule has 104 valence electrons. The van der Waals surface area contributed by atoms with E-state index in [-0.39, 0.29) is 5.75 Å². The van der Waals surface area contributed by atoms with Gasteiger partial charge in [-0.25, -0.2) is 8.42 Å². The van der Waals surface area contributed by atoms with Crippen LogP contribution in [0.15, 0.2) is 0 Å². The smallest absolute Gasteiger partial charge is 0.156 e. The summed E-state index contributed by atoms with van der Waals surface area (Å²) >= 11 is 0. The first-order valence-corrected chi connectivity index (χ1v) is 7.82. The van der Waals surface area contributed by atoms with Gasteiger partial charge in [0.15, 0.2) is 9.84 Å². The van der Waals surface area contributed by atoms with Crippen molar-refractivity contribution in [1.82, 2.24) is 10.2 Å². The van der Waals surface area contributed by atoms with Gasteiger partial charge >= 0.3 is 0 Å². The maximum absolute atomic E-state index is 11.9. The summed E-state index contributed by atoms with van der Waals surface area (Å²) < 4.78 is 23.1. The zero-order chi connectivity index (χ0) is 13.7. The Labute approximate surface area is 107 Å². The van der Waals surface area contributed by atoms with E-state index >= 15 is 0 Å². The summed E-state index contributed by atoms with van der Waals surface area (Å²) in [5.74, 6) is 0.211. The molecule has 1 unspecified atom stereocenters. The maximum Gasteiger partial charge on any atom is 0.156 e. The molecule has 1 atom stereocenters. The second-order valence-electron chi connectivity index (χ2n) is 5.88. The Bertz CT molecular complexity index is 305. The van der Waals surface area contributed by atoms with Gasteiger partial charge in [-0.1, -0.05) is 0 Å². The summed E-state index contributed by atoms with van der Waals surface area (Å²) in [6, 6.07) is 0.354. The summed E-state index contributed by atoms with van der Waals surface area (Å²) in [5, 5.41) is 3.26. The van der Waals surface area contributed by atoms with Crippen molar-refractivity contribution in [3.05, 3.63) is 0 Å². The molecule has 5 heteroatoms. The van der Waals surface area contributed by atoms with Crippen LogP contribution in [0.25, 0.3) is 0 Å². The van der Waals surface area contributed by atoms with Crippen molar-refractivity contribution in [2.45, 2.75) is 44.9 Å². The molecule has 0 bridgehead atoms. The average Bonchev–Trinajstić information content (AvgIpc) is 2.12. The summed E-state index contributed by atoms with van der Waals surface area (Å²) in [6.45, 7) is 8.88. The molecule has 0 aliphatic rings. The molecule has 0 rings (SSSR count). The van der Waals surface area contributed by atoms with Gasteiger partial charge in [0.25, 0.3) is 0 Å². The molecule has 0 aromatic carbocycles. The minimum absolute atomic E-state index is 0.211. The fraction of sp³-hybridized carbons (Fsp3) is 1.00. The first kappa shape index (κ1) is 16.9. The van der Waals surface area contributed by atoms with Crippen molar-refractivity contribution in [2.24, 2.45) is 0 Å². The molecule has 0 spiro atoms. The molecule has 0 aromatic rings. The lowest BCUT2D eigenvalue weighted by Gasteiger charge is -2.21. The zero-order valence-corrected chi connectivity index (χ0v) is 12.9. The predicted molar refractivity (Wildman–Crippen MR) is 74.2 cm³/mol. The molecule has 1 N–H and O–H groups in total. The molecule has 0 aromatic heterocycles. The largest absolute Gasteiger partial charge is 0.313 e. The Morgan fingerprint density at radius 3 is 2.18 bits per heavy atom. The molecular formula is C12H28N2O2S. The molecule has 0 fully saturated rings. The number of sulfone groups is 1. The Morgan fingerprint density at radius 2 is 1.76 bits per heavy atom.